The van der Waals surface area contributed by atoms with E-state index < -0.39 is 0 Å². The van der Waals surface area contributed by atoms with E-state index in [1.54, 1.807) is 30.2 Å². The highest BCUT2D eigenvalue weighted by Gasteiger charge is 2.15. The third-order valence-corrected chi connectivity index (χ3v) is 8.60. The van der Waals surface area contributed by atoms with Crippen molar-refractivity contribution in [1.29, 1.82) is 0 Å². The van der Waals surface area contributed by atoms with Crippen LogP contribution >= 0.6 is 23.1 Å². The fourth-order valence-corrected chi connectivity index (χ4v) is 6.05. The number of piperidine rings is 1. The average Bonchev–Trinajstić information content (AvgIpc) is 3.39. The van der Waals surface area contributed by atoms with Crippen LogP contribution in [0.25, 0.3) is 21.2 Å². The number of thiophene rings is 1. The molecular formula is C29H31NO3S2. The van der Waals surface area contributed by atoms with E-state index in [9.17, 15) is 0 Å². The van der Waals surface area contributed by atoms with E-state index in [-0.39, 0.29) is 0 Å². The standard InChI is InChI=1S/C29H31NO3S2/c1-31-24-11-13-25-21(20-24)6-12-26(27-14-15-28(34-2)35-27)29(25)33-23-9-7-22(8-10-23)32-19-18-30-16-4-3-5-17-30/h6-15,20H,3-5,16-19H2,1-2H3. The van der Waals surface area contributed by atoms with Gasteiger partial charge in [-0.2, -0.15) is 0 Å². The molecule has 4 nitrogen and oxygen atoms in total. The fraction of sp³-hybridized carbons (Fsp3) is 0.310. The van der Waals surface area contributed by atoms with Gasteiger partial charge in [-0.1, -0.05) is 12.5 Å². The van der Waals surface area contributed by atoms with Gasteiger partial charge in [0.1, 0.15) is 29.6 Å². The highest BCUT2D eigenvalue weighted by Crippen LogP contribution is 2.44. The zero-order valence-electron chi connectivity index (χ0n) is 20.3. The second-order valence-corrected chi connectivity index (χ2v) is 10.9. The van der Waals surface area contributed by atoms with Crippen LogP contribution in [0.2, 0.25) is 0 Å². The number of likely N-dealkylation sites (tertiary alicyclic amines) is 1. The van der Waals surface area contributed by atoms with Crippen LogP contribution in [-0.4, -0.2) is 44.5 Å². The third kappa shape index (κ3) is 5.77. The smallest absolute Gasteiger partial charge is 0.143 e. The number of hydrogen-bond acceptors (Lipinski definition) is 6. The molecule has 0 atom stereocenters. The van der Waals surface area contributed by atoms with Crippen molar-refractivity contribution in [3.63, 3.8) is 0 Å². The van der Waals surface area contributed by atoms with E-state index in [1.165, 1.54) is 41.4 Å². The van der Waals surface area contributed by atoms with Crippen molar-refractivity contribution in [3.05, 3.63) is 66.7 Å². The van der Waals surface area contributed by atoms with Gasteiger partial charge in [-0.15, -0.1) is 23.1 Å². The van der Waals surface area contributed by atoms with Crippen molar-refractivity contribution in [2.24, 2.45) is 0 Å². The van der Waals surface area contributed by atoms with Crippen molar-refractivity contribution in [2.75, 3.05) is 39.6 Å². The first-order valence-electron chi connectivity index (χ1n) is 12.1. The van der Waals surface area contributed by atoms with E-state index in [1.807, 2.05) is 36.4 Å². The molecule has 5 rings (SSSR count). The molecule has 0 saturated carbocycles. The molecule has 1 aromatic heterocycles. The SMILES string of the molecule is COc1ccc2c(Oc3ccc(OCCN4CCCCC4)cc3)c(-c3ccc(SC)s3)ccc2c1. The minimum absolute atomic E-state index is 0.714. The largest absolute Gasteiger partial charge is 0.497 e. The molecular weight excluding hydrogens is 474 g/mol. The first-order valence-corrected chi connectivity index (χ1v) is 14.2. The van der Waals surface area contributed by atoms with Crippen LogP contribution in [0.15, 0.2) is 70.9 Å². The number of ether oxygens (including phenoxy) is 3. The normalized spacial score (nSPS) is 14.2. The van der Waals surface area contributed by atoms with E-state index in [4.69, 9.17) is 14.2 Å². The number of thioether (sulfide) groups is 1. The molecule has 1 aliphatic heterocycles. The molecule has 0 bridgehead atoms. The topological polar surface area (TPSA) is 30.9 Å². The maximum Gasteiger partial charge on any atom is 0.143 e. The van der Waals surface area contributed by atoms with Crippen LogP contribution in [0.5, 0.6) is 23.0 Å². The molecule has 2 heterocycles. The zero-order valence-corrected chi connectivity index (χ0v) is 21.9. The summed E-state index contributed by atoms with van der Waals surface area (Å²) in [4.78, 5) is 3.69. The number of methoxy groups -OCH3 is 1. The van der Waals surface area contributed by atoms with Crippen molar-refractivity contribution in [1.82, 2.24) is 4.90 Å². The van der Waals surface area contributed by atoms with E-state index in [2.05, 4.69) is 41.5 Å². The number of hydrogen-bond donors (Lipinski definition) is 0. The monoisotopic (exact) mass is 505 g/mol. The first-order chi connectivity index (χ1) is 17.2. The zero-order chi connectivity index (χ0) is 24.0. The number of rotatable bonds is 9. The van der Waals surface area contributed by atoms with Crippen LogP contribution < -0.4 is 14.2 Å². The number of fused-ring (bicyclic) bond motifs is 1. The second kappa shape index (κ2) is 11.4. The predicted octanol–water partition coefficient (Wildman–Crippen LogP) is 7.96. The van der Waals surface area contributed by atoms with Crippen molar-refractivity contribution < 1.29 is 14.2 Å². The summed E-state index contributed by atoms with van der Waals surface area (Å²) in [7, 11) is 1.69. The fourth-order valence-electron chi connectivity index (χ4n) is 4.48. The molecule has 3 aromatic carbocycles. The van der Waals surface area contributed by atoms with E-state index in [0.29, 0.717) is 6.61 Å². The van der Waals surface area contributed by atoms with Crippen molar-refractivity contribution in [3.8, 4) is 33.4 Å². The Hall–Kier alpha value is -2.67. The maximum atomic E-state index is 6.54. The summed E-state index contributed by atoms with van der Waals surface area (Å²) in [6, 6.07) is 22.7. The summed E-state index contributed by atoms with van der Waals surface area (Å²) in [5.41, 5.74) is 1.09. The summed E-state index contributed by atoms with van der Waals surface area (Å²) in [6.45, 7) is 4.09. The van der Waals surface area contributed by atoms with Gasteiger partial charge in [0.15, 0.2) is 0 Å². The summed E-state index contributed by atoms with van der Waals surface area (Å²) in [6.07, 6.45) is 6.07. The summed E-state index contributed by atoms with van der Waals surface area (Å²) < 4.78 is 19.3. The quantitative estimate of drug-likeness (QED) is 0.215. The lowest BCUT2D eigenvalue weighted by atomic mass is 10.0. The predicted molar refractivity (Wildman–Crippen MR) is 148 cm³/mol. The Morgan fingerprint density at radius 3 is 2.37 bits per heavy atom. The molecule has 1 fully saturated rings. The lowest BCUT2D eigenvalue weighted by Crippen LogP contribution is -2.33. The Bertz CT molecular complexity index is 1260. The molecule has 0 aliphatic carbocycles. The van der Waals surface area contributed by atoms with E-state index >= 15 is 0 Å². The van der Waals surface area contributed by atoms with Crippen LogP contribution in [-0.2, 0) is 0 Å². The number of benzene rings is 3. The van der Waals surface area contributed by atoms with Gasteiger partial charge in [0, 0.05) is 22.4 Å². The summed E-state index contributed by atoms with van der Waals surface area (Å²) >= 11 is 3.55. The minimum Gasteiger partial charge on any atom is -0.497 e. The molecule has 0 amide bonds. The molecule has 1 aliphatic rings. The molecule has 0 radical (unpaired) electrons. The van der Waals surface area contributed by atoms with Gasteiger partial charge in [0.25, 0.3) is 0 Å². The molecule has 6 heteroatoms. The van der Waals surface area contributed by atoms with Crippen LogP contribution in [0.4, 0.5) is 0 Å². The van der Waals surface area contributed by atoms with Crippen molar-refractivity contribution >= 4 is 33.9 Å². The van der Waals surface area contributed by atoms with Gasteiger partial charge < -0.3 is 14.2 Å². The van der Waals surface area contributed by atoms with Gasteiger partial charge in [0.05, 0.1) is 11.3 Å². The number of nitrogens with zero attached hydrogens (tertiary/aromatic N) is 1. The maximum absolute atomic E-state index is 6.54. The summed E-state index contributed by atoms with van der Waals surface area (Å²) in [5.74, 6) is 3.36. The highest BCUT2D eigenvalue weighted by atomic mass is 32.2. The van der Waals surface area contributed by atoms with Gasteiger partial charge in [-0.3, -0.25) is 4.90 Å². The Morgan fingerprint density at radius 2 is 1.63 bits per heavy atom. The Kier molecular flexibility index (Phi) is 7.82. The summed E-state index contributed by atoms with van der Waals surface area (Å²) in [5, 5.41) is 2.15. The van der Waals surface area contributed by atoms with Gasteiger partial charge in [-0.25, -0.2) is 0 Å². The molecule has 0 N–H and O–H groups in total. The minimum atomic E-state index is 0.714. The first kappa shape index (κ1) is 24.0. The second-order valence-electron chi connectivity index (χ2n) is 8.68. The third-order valence-electron chi connectivity index (χ3n) is 6.39. The van der Waals surface area contributed by atoms with Crippen LogP contribution in [0.1, 0.15) is 19.3 Å². The van der Waals surface area contributed by atoms with Crippen molar-refractivity contribution in [2.45, 2.75) is 23.5 Å². The Balaban J connectivity index is 1.37. The lowest BCUT2D eigenvalue weighted by molar-refractivity contribution is 0.183. The Morgan fingerprint density at radius 1 is 0.857 bits per heavy atom. The Labute approximate surface area is 215 Å². The lowest BCUT2D eigenvalue weighted by Gasteiger charge is -2.26. The van der Waals surface area contributed by atoms with E-state index in [0.717, 1.165) is 45.9 Å². The molecule has 4 aromatic rings. The van der Waals surface area contributed by atoms with Gasteiger partial charge >= 0.3 is 0 Å². The average molecular weight is 506 g/mol. The molecule has 0 spiro atoms. The highest BCUT2D eigenvalue weighted by molar-refractivity contribution is 8.00. The van der Waals surface area contributed by atoms with Gasteiger partial charge in [0.2, 0.25) is 0 Å². The van der Waals surface area contributed by atoms with Crippen LogP contribution in [0.3, 0.4) is 0 Å². The van der Waals surface area contributed by atoms with Crippen LogP contribution in [0, 0.1) is 0 Å². The molecule has 35 heavy (non-hydrogen) atoms. The van der Waals surface area contributed by atoms with Gasteiger partial charge in [-0.05, 0) is 98.2 Å². The molecule has 0 unspecified atom stereocenters. The molecule has 1 saturated heterocycles. The molecule has 182 valence electrons.